The molecule has 2 aliphatic heterocycles. The number of carbonyl (C=O) groups excluding carboxylic acids is 4. The van der Waals surface area contributed by atoms with E-state index in [-0.39, 0.29) is 56.9 Å². The molecule has 45 heavy (non-hydrogen) atoms. The maximum absolute atomic E-state index is 13.6. The third kappa shape index (κ3) is 9.35. The van der Waals surface area contributed by atoms with Crippen molar-refractivity contribution in [3.63, 3.8) is 0 Å². The molecule has 0 spiro atoms. The molecule has 4 amide bonds. The number of amides is 4. The summed E-state index contributed by atoms with van der Waals surface area (Å²) in [5.74, 6) is -0.493. The Balaban J connectivity index is 1.64. The van der Waals surface area contributed by atoms with Gasteiger partial charge in [-0.2, -0.15) is 5.10 Å². The molecular formula is C32H41N7O6. The molecule has 3 aromatic rings. The molecule has 3 heterocycles. The van der Waals surface area contributed by atoms with Crippen LogP contribution >= 0.6 is 0 Å². The molecule has 2 aromatic carbocycles. The summed E-state index contributed by atoms with van der Waals surface area (Å²) in [6, 6.07) is 13.9. The number of hydrogen-bond donors (Lipinski definition) is 4. The molecule has 0 fully saturated rings. The molecular weight excluding hydrogens is 578 g/mol. The van der Waals surface area contributed by atoms with Crippen molar-refractivity contribution in [3.8, 4) is 17.1 Å². The van der Waals surface area contributed by atoms with E-state index in [2.05, 4.69) is 31.3 Å². The lowest BCUT2D eigenvalue weighted by atomic mass is 10.0. The van der Waals surface area contributed by atoms with Gasteiger partial charge in [-0.25, -0.2) is 9.67 Å². The molecule has 1 aromatic heterocycles. The Morgan fingerprint density at radius 1 is 1.07 bits per heavy atom. The van der Waals surface area contributed by atoms with Crippen molar-refractivity contribution in [3.05, 3.63) is 66.0 Å². The Labute approximate surface area is 262 Å². The van der Waals surface area contributed by atoms with E-state index in [0.717, 1.165) is 11.1 Å². The largest absolute Gasteiger partial charge is 0.492 e. The van der Waals surface area contributed by atoms with Crippen LogP contribution in [0.5, 0.6) is 5.75 Å². The highest BCUT2D eigenvalue weighted by atomic mass is 16.5. The lowest BCUT2D eigenvalue weighted by Crippen LogP contribution is -2.56. The van der Waals surface area contributed by atoms with Crippen LogP contribution in [0.2, 0.25) is 0 Å². The fourth-order valence-corrected chi connectivity index (χ4v) is 4.84. The first-order valence-corrected chi connectivity index (χ1v) is 15.0. The van der Waals surface area contributed by atoms with E-state index in [4.69, 9.17) is 9.47 Å². The third-order valence-electron chi connectivity index (χ3n) is 7.26. The highest BCUT2D eigenvalue weighted by molar-refractivity contribution is 5.92. The van der Waals surface area contributed by atoms with E-state index in [1.807, 2.05) is 44.2 Å². The van der Waals surface area contributed by atoms with Gasteiger partial charge >= 0.3 is 0 Å². The number of ether oxygens (including phenoxy) is 2. The number of aromatic nitrogens is 3. The first-order valence-electron chi connectivity index (χ1n) is 15.0. The topological polar surface area (TPSA) is 166 Å². The van der Waals surface area contributed by atoms with Gasteiger partial charge in [0.2, 0.25) is 23.6 Å². The molecule has 0 aliphatic carbocycles. The zero-order valence-electron chi connectivity index (χ0n) is 26.0. The average molecular weight is 620 g/mol. The van der Waals surface area contributed by atoms with Crippen LogP contribution in [-0.4, -0.2) is 77.3 Å². The van der Waals surface area contributed by atoms with E-state index in [9.17, 15) is 19.2 Å². The number of hydrogen-bond acceptors (Lipinski definition) is 8. The van der Waals surface area contributed by atoms with Crippen LogP contribution in [0, 0.1) is 5.92 Å². The molecule has 3 atom stereocenters. The lowest BCUT2D eigenvalue weighted by molar-refractivity contribution is -0.133. The highest BCUT2D eigenvalue weighted by Gasteiger charge is 2.31. The second-order valence-electron chi connectivity index (χ2n) is 11.2. The minimum Gasteiger partial charge on any atom is -0.492 e. The Morgan fingerprint density at radius 2 is 1.80 bits per heavy atom. The van der Waals surface area contributed by atoms with Crippen LogP contribution in [0.4, 0.5) is 0 Å². The minimum absolute atomic E-state index is 0.0842. The molecule has 0 unspecified atom stereocenters. The van der Waals surface area contributed by atoms with Gasteiger partial charge in [0.25, 0.3) is 0 Å². The summed E-state index contributed by atoms with van der Waals surface area (Å²) >= 11 is 0. The third-order valence-corrected chi connectivity index (χ3v) is 7.26. The predicted molar refractivity (Wildman–Crippen MR) is 166 cm³/mol. The van der Waals surface area contributed by atoms with Gasteiger partial charge in [0, 0.05) is 25.5 Å². The van der Waals surface area contributed by atoms with Gasteiger partial charge in [-0.15, -0.1) is 0 Å². The second-order valence-corrected chi connectivity index (χ2v) is 11.2. The Bertz CT molecular complexity index is 1460. The second kappa shape index (κ2) is 15.8. The molecule has 240 valence electrons. The molecule has 2 bridgehead atoms. The molecule has 0 saturated heterocycles. The Kier molecular flexibility index (Phi) is 11.6. The van der Waals surface area contributed by atoms with Crippen LogP contribution < -0.4 is 26.0 Å². The van der Waals surface area contributed by atoms with Gasteiger partial charge in [-0.3, -0.25) is 19.2 Å². The van der Waals surface area contributed by atoms with Crippen molar-refractivity contribution in [2.24, 2.45) is 5.92 Å². The molecule has 0 radical (unpaired) electrons. The number of rotatable bonds is 6. The SMILES string of the molecule is COCCC(=O)N[C@H]1Cc2ccc(cc2)OCCNC(=O)Cn2nc(-c3ccccc3)nc2[C@H](C)NC(=O)[C@@H](C(C)C)NC1=O. The van der Waals surface area contributed by atoms with E-state index in [1.165, 1.54) is 11.8 Å². The maximum atomic E-state index is 13.6. The van der Waals surface area contributed by atoms with Gasteiger partial charge in [-0.1, -0.05) is 56.3 Å². The number of carbonyl (C=O) groups is 4. The summed E-state index contributed by atoms with van der Waals surface area (Å²) in [6.07, 6.45) is 0.274. The summed E-state index contributed by atoms with van der Waals surface area (Å²) in [4.78, 5) is 57.4. The predicted octanol–water partition coefficient (Wildman–Crippen LogP) is 1.54. The monoisotopic (exact) mass is 619 g/mol. The van der Waals surface area contributed by atoms with E-state index >= 15 is 0 Å². The number of nitrogens with one attached hydrogen (secondary N) is 4. The van der Waals surface area contributed by atoms with Crippen molar-refractivity contribution < 1.29 is 28.7 Å². The normalized spacial score (nSPS) is 19.9. The van der Waals surface area contributed by atoms with E-state index in [0.29, 0.717) is 17.4 Å². The summed E-state index contributed by atoms with van der Waals surface area (Å²) in [5.41, 5.74) is 1.54. The first-order chi connectivity index (χ1) is 21.6. The molecule has 13 nitrogen and oxygen atoms in total. The van der Waals surface area contributed by atoms with Crippen molar-refractivity contribution in [2.75, 3.05) is 26.9 Å². The number of nitrogens with zero attached hydrogens (tertiary/aromatic N) is 3. The Morgan fingerprint density at radius 3 is 2.49 bits per heavy atom. The molecule has 5 rings (SSSR count). The zero-order chi connectivity index (χ0) is 32.3. The van der Waals surface area contributed by atoms with Crippen molar-refractivity contribution in [2.45, 2.75) is 58.3 Å². The lowest BCUT2D eigenvalue weighted by Gasteiger charge is -2.26. The number of fused-ring (bicyclic) bond motifs is 14. The summed E-state index contributed by atoms with van der Waals surface area (Å²) < 4.78 is 12.3. The molecule has 13 heteroatoms. The zero-order valence-corrected chi connectivity index (χ0v) is 26.0. The van der Waals surface area contributed by atoms with Crippen molar-refractivity contribution >= 4 is 23.6 Å². The fourth-order valence-electron chi connectivity index (χ4n) is 4.84. The van der Waals surface area contributed by atoms with E-state index in [1.54, 1.807) is 31.2 Å². The van der Waals surface area contributed by atoms with Crippen LogP contribution in [0.1, 0.15) is 44.6 Å². The number of methoxy groups -OCH3 is 1. The smallest absolute Gasteiger partial charge is 0.243 e. The van der Waals surface area contributed by atoms with Crippen molar-refractivity contribution in [1.29, 1.82) is 0 Å². The average Bonchev–Trinajstić information content (AvgIpc) is 3.44. The fraction of sp³-hybridized carbons (Fsp3) is 0.438. The maximum Gasteiger partial charge on any atom is 0.243 e. The quantitative estimate of drug-likeness (QED) is 0.323. The van der Waals surface area contributed by atoms with Crippen LogP contribution in [-0.2, 0) is 36.9 Å². The summed E-state index contributed by atoms with van der Waals surface area (Å²) in [5, 5.41) is 16.0. The molecule has 4 N–H and O–H groups in total. The van der Waals surface area contributed by atoms with Crippen molar-refractivity contribution in [1.82, 2.24) is 36.0 Å². The van der Waals surface area contributed by atoms with E-state index < -0.39 is 29.9 Å². The van der Waals surface area contributed by atoms with Crippen LogP contribution in [0.25, 0.3) is 11.4 Å². The molecule has 2 aliphatic rings. The number of benzene rings is 2. The molecule has 0 saturated carbocycles. The summed E-state index contributed by atoms with van der Waals surface area (Å²) in [7, 11) is 1.50. The van der Waals surface area contributed by atoms with Gasteiger partial charge in [0.05, 0.1) is 19.2 Å². The Hall–Kier alpha value is -4.78. The van der Waals surface area contributed by atoms with Gasteiger partial charge in [0.15, 0.2) is 5.82 Å². The van der Waals surface area contributed by atoms with Gasteiger partial charge in [0.1, 0.15) is 36.8 Å². The standard InChI is InChI=1S/C32H41N7O6/c1-20(2)28-32(43)34-21(3)30-37-29(23-8-6-5-7-9-23)38-39(30)19-27(41)33-15-17-45-24-12-10-22(11-13-24)18-25(31(42)36-28)35-26(40)14-16-44-4/h5-13,20-21,25,28H,14-19H2,1-4H3,(H,33,41)(H,34,43)(H,35,40)(H,36,42)/t21-,25-,28+/m0/s1. The summed E-state index contributed by atoms with van der Waals surface area (Å²) in [6.45, 7) is 5.95. The van der Waals surface area contributed by atoms with Crippen LogP contribution in [0.15, 0.2) is 54.6 Å². The van der Waals surface area contributed by atoms with Gasteiger partial charge in [-0.05, 0) is 30.5 Å². The highest BCUT2D eigenvalue weighted by Crippen LogP contribution is 2.20. The first kappa shape index (κ1) is 33.1. The van der Waals surface area contributed by atoms with Gasteiger partial charge < -0.3 is 30.7 Å². The van der Waals surface area contributed by atoms with Crippen LogP contribution in [0.3, 0.4) is 0 Å². The minimum atomic E-state index is -0.940.